The zero-order valence-electron chi connectivity index (χ0n) is 17.9. The van der Waals surface area contributed by atoms with Gasteiger partial charge in [0.2, 0.25) is 14.9 Å². The Labute approximate surface area is 192 Å². The van der Waals surface area contributed by atoms with Crippen LogP contribution in [0.1, 0.15) is 22.5 Å². The van der Waals surface area contributed by atoms with Crippen LogP contribution in [0.25, 0.3) is 0 Å². The van der Waals surface area contributed by atoms with Crippen LogP contribution < -0.4 is 4.74 Å². The van der Waals surface area contributed by atoms with Gasteiger partial charge in [0, 0.05) is 12.6 Å². The van der Waals surface area contributed by atoms with Crippen molar-refractivity contribution in [3.05, 3.63) is 78.1 Å². The number of rotatable bonds is 7. The zero-order valence-corrected chi connectivity index (χ0v) is 19.5. The minimum atomic E-state index is -3.93. The lowest BCUT2D eigenvalue weighted by Gasteiger charge is -2.27. The summed E-state index contributed by atoms with van der Waals surface area (Å²) in [6.07, 6.45) is 0.306. The highest BCUT2D eigenvalue weighted by atomic mass is 32.2. The highest BCUT2D eigenvalue weighted by Crippen LogP contribution is 2.27. The first-order chi connectivity index (χ1) is 15.7. The quantitative estimate of drug-likeness (QED) is 0.502. The largest absolute Gasteiger partial charge is 0.497 e. The molecule has 0 saturated carbocycles. The fourth-order valence-electron chi connectivity index (χ4n) is 3.75. The molecule has 1 atom stereocenters. The zero-order chi connectivity index (χ0) is 23.6. The molecule has 10 heteroatoms. The molecule has 0 aliphatic carbocycles. The second-order valence-electron chi connectivity index (χ2n) is 7.77. The highest BCUT2D eigenvalue weighted by Gasteiger charge is 2.36. The van der Waals surface area contributed by atoms with Crippen molar-refractivity contribution in [2.24, 2.45) is 0 Å². The first-order valence-corrected chi connectivity index (χ1v) is 13.5. The van der Waals surface area contributed by atoms with Crippen LogP contribution in [0, 0.1) is 0 Å². The average Bonchev–Trinajstić information content (AvgIpc) is 3.45. The molecule has 0 spiro atoms. The van der Waals surface area contributed by atoms with Gasteiger partial charge in [0.15, 0.2) is 15.6 Å². The van der Waals surface area contributed by atoms with E-state index in [0.29, 0.717) is 12.2 Å². The maximum Gasteiger partial charge on any atom is 0.290 e. The summed E-state index contributed by atoms with van der Waals surface area (Å²) in [5.41, 5.74) is 0.775. The molecular weight excluding hydrogens is 466 g/mol. The van der Waals surface area contributed by atoms with Gasteiger partial charge in [-0.25, -0.2) is 16.8 Å². The van der Waals surface area contributed by atoms with E-state index >= 15 is 0 Å². The molecule has 174 valence electrons. The second kappa shape index (κ2) is 9.03. The smallest absolute Gasteiger partial charge is 0.290 e. The molecule has 0 unspecified atom stereocenters. The lowest BCUT2D eigenvalue weighted by molar-refractivity contribution is 0.0642. The Morgan fingerprint density at radius 2 is 1.76 bits per heavy atom. The topological polar surface area (TPSA) is 111 Å². The third kappa shape index (κ3) is 4.96. The van der Waals surface area contributed by atoms with Gasteiger partial charge in [0.05, 0.1) is 23.5 Å². The normalized spacial score (nSPS) is 17.5. The van der Waals surface area contributed by atoms with Crippen molar-refractivity contribution in [3.63, 3.8) is 0 Å². The van der Waals surface area contributed by atoms with Crippen molar-refractivity contribution in [1.29, 1.82) is 0 Å². The molecular formula is C23H23NO7S2. The second-order valence-corrected chi connectivity index (χ2v) is 11.9. The summed E-state index contributed by atoms with van der Waals surface area (Å²) in [6, 6.07) is 16.9. The number of ether oxygens (including phenoxy) is 1. The van der Waals surface area contributed by atoms with Gasteiger partial charge in [-0.2, -0.15) is 0 Å². The van der Waals surface area contributed by atoms with Gasteiger partial charge in [0.25, 0.3) is 5.91 Å². The molecule has 1 fully saturated rings. The highest BCUT2D eigenvalue weighted by molar-refractivity contribution is 7.91. The van der Waals surface area contributed by atoms with E-state index in [1.807, 2.05) is 0 Å². The Bertz CT molecular complexity index is 1350. The van der Waals surface area contributed by atoms with Gasteiger partial charge in [0.1, 0.15) is 5.75 Å². The average molecular weight is 490 g/mol. The van der Waals surface area contributed by atoms with E-state index in [9.17, 15) is 21.6 Å². The molecule has 33 heavy (non-hydrogen) atoms. The minimum absolute atomic E-state index is 0.00412. The van der Waals surface area contributed by atoms with Crippen LogP contribution in [0.5, 0.6) is 5.75 Å². The molecule has 0 N–H and O–H groups in total. The lowest BCUT2D eigenvalue weighted by Crippen LogP contribution is -2.40. The molecule has 1 aliphatic rings. The van der Waals surface area contributed by atoms with E-state index in [4.69, 9.17) is 9.15 Å². The van der Waals surface area contributed by atoms with Gasteiger partial charge in [-0.3, -0.25) is 4.79 Å². The van der Waals surface area contributed by atoms with Gasteiger partial charge < -0.3 is 14.1 Å². The van der Waals surface area contributed by atoms with E-state index in [1.54, 1.807) is 49.6 Å². The molecule has 2 heterocycles. The molecule has 1 aromatic heterocycles. The minimum Gasteiger partial charge on any atom is -0.497 e. The number of carbonyl (C=O) groups is 1. The Balaban J connectivity index is 1.64. The van der Waals surface area contributed by atoms with Crippen LogP contribution in [-0.2, 0) is 26.2 Å². The first-order valence-electron chi connectivity index (χ1n) is 10.2. The monoisotopic (exact) mass is 489 g/mol. The van der Waals surface area contributed by atoms with Crippen molar-refractivity contribution in [1.82, 2.24) is 4.90 Å². The summed E-state index contributed by atoms with van der Waals surface area (Å²) in [5, 5.41) is -0.347. The number of benzene rings is 2. The molecule has 1 amide bonds. The summed E-state index contributed by atoms with van der Waals surface area (Å²) >= 11 is 0. The summed E-state index contributed by atoms with van der Waals surface area (Å²) < 4.78 is 60.4. The molecule has 1 aliphatic heterocycles. The Hall–Kier alpha value is -3.11. The van der Waals surface area contributed by atoms with Crippen molar-refractivity contribution >= 4 is 25.6 Å². The maximum absolute atomic E-state index is 13.4. The van der Waals surface area contributed by atoms with Crippen LogP contribution in [-0.4, -0.2) is 52.3 Å². The molecule has 2 aromatic carbocycles. The summed E-state index contributed by atoms with van der Waals surface area (Å²) in [5.74, 6) is -0.229. The van der Waals surface area contributed by atoms with Gasteiger partial charge in [-0.05, 0) is 48.4 Å². The van der Waals surface area contributed by atoms with Gasteiger partial charge >= 0.3 is 0 Å². The number of hydrogen-bond acceptors (Lipinski definition) is 7. The van der Waals surface area contributed by atoms with Crippen molar-refractivity contribution in [2.75, 3.05) is 18.6 Å². The van der Waals surface area contributed by atoms with E-state index in [-0.39, 0.29) is 33.8 Å². The number of methoxy groups -OCH3 is 1. The number of amides is 1. The Morgan fingerprint density at radius 1 is 1.06 bits per heavy atom. The van der Waals surface area contributed by atoms with Gasteiger partial charge in [-0.15, -0.1) is 0 Å². The van der Waals surface area contributed by atoms with E-state index in [1.165, 1.54) is 29.2 Å². The standard InChI is InChI=1S/C23H23NO7S2/c1-30-19-9-7-17(8-10-19)15-24(18-13-14-32(26,27)16-18)23(25)21-11-12-22(31-21)33(28,29)20-5-3-2-4-6-20/h2-12,18H,13-16H2,1H3/t18-/m0/s1. The number of nitrogens with zero attached hydrogens (tertiary/aromatic N) is 1. The van der Waals surface area contributed by atoms with E-state index in [2.05, 4.69) is 0 Å². The Kier molecular flexibility index (Phi) is 6.31. The van der Waals surface area contributed by atoms with Crippen LogP contribution >= 0.6 is 0 Å². The van der Waals surface area contributed by atoms with Crippen molar-refractivity contribution in [2.45, 2.75) is 29.0 Å². The summed E-state index contributed by atoms with van der Waals surface area (Å²) in [7, 11) is -5.63. The van der Waals surface area contributed by atoms with E-state index in [0.717, 1.165) is 5.56 Å². The SMILES string of the molecule is COc1ccc(CN(C(=O)c2ccc(S(=O)(=O)c3ccccc3)o2)[C@H]2CCS(=O)(=O)C2)cc1. The third-order valence-corrected chi connectivity index (χ3v) is 8.92. The third-order valence-electron chi connectivity index (χ3n) is 5.53. The fraction of sp³-hybridized carbons (Fsp3) is 0.261. The number of hydrogen-bond donors (Lipinski definition) is 0. The lowest BCUT2D eigenvalue weighted by atomic mass is 10.1. The predicted octanol–water partition coefficient (Wildman–Crippen LogP) is 2.95. The van der Waals surface area contributed by atoms with Crippen LogP contribution in [0.2, 0.25) is 0 Å². The molecule has 3 aromatic rings. The van der Waals surface area contributed by atoms with Crippen molar-refractivity contribution in [3.8, 4) is 5.75 Å². The van der Waals surface area contributed by atoms with Crippen LogP contribution in [0.15, 0.2) is 81.1 Å². The molecule has 8 nitrogen and oxygen atoms in total. The maximum atomic E-state index is 13.4. The number of furan rings is 1. The van der Waals surface area contributed by atoms with Crippen LogP contribution in [0.4, 0.5) is 0 Å². The molecule has 1 saturated heterocycles. The summed E-state index contributed by atoms with van der Waals surface area (Å²) in [4.78, 5) is 14.9. The molecule has 4 rings (SSSR count). The fourth-order valence-corrected chi connectivity index (χ4v) is 6.68. The van der Waals surface area contributed by atoms with Crippen LogP contribution in [0.3, 0.4) is 0 Å². The molecule has 0 radical (unpaired) electrons. The molecule has 0 bridgehead atoms. The summed E-state index contributed by atoms with van der Waals surface area (Å²) in [6.45, 7) is 0.143. The Morgan fingerprint density at radius 3 is 2.36 bits per heavy atom. The van der Waals surface area contributed by atoms with E-state index < -0.39 is 31.6 Å². The number of sulfone groups is 2. The van der Waals surface area contributed by atoms with Gasteiger partial charge in [-0.1, -0.05) is 30.3 Å². The van der Waals surface area contributed by atoms with Crippen molar-refractivity contribution < 1.29 is 30.8 Å². The predicted molar refractivity (Wildman–Crippen MR) is 121 cm³/mol. The first kappa shape index (κ1) is 23.1. The number of carbonyl (C=O) groups excluding carboxylic acids is 1.